The Morgan fingerprint density at radius 3 is 2.68 bits per heavy atom. The van der Waals surface area contributed by atoms with Crippen LogP contribution in [-0.4, -0.2) is 27.3 Å². The van der Waals surface area contributed by atoms with Gasteiger partial charge in [-0.25, -0.2) is 0 Å². The standard InChI is InChI=1S/C15H24N2O2/c1-18-12-5-6-13(15(9-12)19-2)14(10-16)17-8-7-11-3-4-11/h5-6,9,11,14,17H,3-4,7-8,10,16H2,1-2H3. The molecule has 1 atom stereocenters. The lowest BCUT2D eigenvalue weighted by Gasteiger charge is -2.20. The van der Waals surface area contributed by atoms with E-state index < -0.39 is 0 Å². The maximum Gasteiger partial charge on any atom is 0.127 e. The molecule has 1 fully saturated rings. The zero-order chi connectivity index (χ0) is 13.7. The summed E-state index contributed by atoms with van der Waals surface area (Å²) in [5, 5.41) is 3.52. The topological polar surface area (TPSA) is 56.5 Å². The molecule has 106 valence electrons. The molecule has 4 nitrogen and oxygen atoms in total. The second kappa shape index (κ2) is 6.78. The lowest BCUT2D eigenvalue weighted by molar-refractivity contribution is 0.384. The van der Waals surface area contributed by atoms with Crippen molar-refractivity contribution in [1.29, 1.82) is 0 Å². The van der Waals surface area contributed by atoms with Crippen LogP contribution < -0.4 is 20.5 Å². The minimum atomic E-state index is 0.139. The molecule has 1 aromatic rings. The molecule has 1 aliphatic rings. The van der Waals surface area contributed by atoms with Crippen LogP contribution in [0.5, 0.6) is 11.5 Å². The van der Waals surface area contributed by atoms with E-state index in [1.165, 1.54) is 19.3 Å². The van der Waals surface area contributed by atoms with Crippen molar-refractivity contribution in [3.8, 4) is 11.5 Å². The number of ether oxygens (including phenoxy) is 2. The van der Waals surface area contributed by atoms with Gasteiger partial charge < -0.3 is 20.5 Å². The molecule has 0 aliphatic heterocycles. The van der Waals surface area contributed by atoms with Crippen molar-refractivity contribution in [3.05, 3.63) is 23.8 Å². The van der Waals surface area contributed by atoms with Crippen molar-refractivity contribution in [2.45, 2.75) is 25.3 Å². The second-order valence-electron chi connectivity index (χ2n) is 5.08. The van der Waals surface area contributed by atoms with Gasteiger partial charge >= 0.3 is 0 Å². The third-order valence-corrected chi connectivity index (χ3v) is 3.69. The van der Waals surface area contributed by atoms with Gasteiger partial charge in [-0.3, -0.25) is 0 Å². The van der Waals surface area contributed by atoms with Gasteiger partial charge in [0.25, 0.3) is 0 Å². The molecule has 3 N–H and O–H groups in total. The minimum Gasteiger partial charge on any atom is -0.497 e. The van der Waals surface area contributed by atoms with E-state index in [9.17, 15) is 0 Å². The highest BCUT2D eigenvalue weighted by molar-refractivity contribution is 5.42. The van der Waals surface area contributed by atoms with Gasteiger partial charge in [0, 0.05) is 24.2 Å². The van der Waals surface area contributed by atoms with Crippen LogP contribution in [0.15, 0.2) is 18.2 Å². The lowest BCUT2D eigenvalue weighted by atomic mass is 10.0. The van der Waals surface area contributed by atoms with E-state index >= 15 is 0 Å². The SMILES string of the molecule is COc1ccc(C(CN)NCCC2CC2)c(OC)c1. The third-order valence-electron chi connectivity index (χ3n) is 3.69. The first kappa shape index (κ1) is 14.2. The summed E-state index contributed by atoms with van der Waals surface area (Å²) in [7, 11) is 3.33. The molecule has 1 unspecified atom stereocenters. The Bertz CT molecular complexity index is 405. The van der Waals surface area contributed by atoms with E-state index in [0.29, 0.717) is 6.54 Å². The van der Waals surface area contributed by atoms with E-state index in [0.717, 1.165) is 29.5 Å². The third kappa shape index (κ3) is 3.85. The highest BCUT2D eigenvalue weighted by Gasteiger charge is 2.21. The normalized spacial score (nSPS) is 16.2. The molecule has 4 heteroatoms. The maximum absolute atomic E-state index is 5.88. The average Bonchev–Trinajstić information content (AvgIpc) is 3.27. The molecular weight excluding hydrogens is 240 g/mol. The zero-order valence-corrected chi connectivity index (χ0v) is 11.8. The Labute approximate surface area is 115 Å². The van der Waals surface area contributed by atoms with Gasteiger partial charge in [0.2, 0.25) is 0 Å². The molecule has 0 amide bonds. The predicted octanol–water partition coefficient (Wildman–Crippen LogP) is 2.09. The van der Waals surface area contributed by atoms with Crippen LogP contribution in [0.25, 0.3) is 0 Å². The number of hydrogen-bond donors (Lipinski definition) is 2. The summed E-state index contributed by atoms with van der Waals surface area (Å²) < 4.78 is 10.6. The molecule has 0 spiro atoms. The molecule has 0 saturated heterocycles. The molecule has 0 bridgehead atoms. The van der Waals surface area contributed by atoms with Crippen molar-refractivity contribution in [3.63, 3.8) is 0 Å². The molecule has 0 aromatic heterocycles. The molecule has 19 heavy (non-hydrogen) atoms. The predicted molar refractivity (Wildman–Crippen MR) is 76.7 cm³/mol. The number of benzene rings is 1. The summed E-state index contributed by atoms with van der Waals surface area (Å²) in [6, 6.07) is 6.02. The van der Waals surface area contributed by atoms with Crippen molar-refractivity contribution in [2.75, 3.05) is 27.3 Å². The van der Waals surface area contributed by atoms with E-state index in [1.54, 1.807) is 14.2 Å². The van der Waals surface area contributed by atoms with Gasteiger partial charge in [-0.15, -0.1) is 0 Å². The zero-order valence-electron chi connectivity index (χ0n) is 11.8. The Hall–Kier alpha value is -1.26. The van der Waals surface area contributed by atoms with Crippen LogP contribution in [0, 0.1) is 5.92 Å². The molecule has 2 rings (SSSR count). The first-order chi connectivity index (χ1) is 9.28. The van der Waals surface area contributed by atoms with Gasteiger partial charge in [-0.05, 0) is 24.9 Å². The van der Waals surface area contributed by atoms with Crippen molar-refractivity contribution >= 4 is 0 Å². The minimum absolute atomic E-state index is 0.139. The van der Waals surface area contributed by atoms with E-state index in [1.807, 2.05) is 18.2 Å². The highest BCUT2D eigenvalue weighted by atomic mass is 16.5. The molecule has 1 saturated carbocycles. The van der Waals surface area contributed by atoms with E-state index in [-0.39, 0.29) is 6.04 Å². The molecule has 1 aromatic carbocycles. The van der Waals surface area contributed by atoms with Gasteiger partial charge in [0.15, 0.2) is 0 Å². The largest absolute Gasteiger partial charge is 0.497 e. The molecule has 0 heterocycles. The van der Waals surface area contributed by atoms with E-state index in [4.69, 9.17) is 15.2 Å². The average molecular weight is 264 g/mol. The number of nitrogens with one attached hydrogen (secondary N) is 1. The number of hydrogen-bond acceptors (Lipinski definition) is 4. The summed E-state index contributed by atoms with van der Waals surface area (Å²) >= 11 is 0. The first-order valence-electron chi connectivity index (χ1n) is 6.93. The quantitative estimate of drug-likeness (QED) is 0.755. The highest BCUT2D eigenvalue weighted by Crippen LogP contribution is 2.32. The summed E-state index contributed by atoms with van der Waals surface area (Å²) in [6.07, 6.45) is 4.02. The molecular formula is C15H24N2O2. The fraction of sp³-hybridized carbons (Fsp3) is 0.600. The number of methoxy groups -OCH3 is 2. The summed E-state index contributed by atoms with van der Waals surface area (Å²) in [5.74, 6) is 2.56. The van der Waals surface area contributed by atoms with Gasteiger partial charge in [-0.2, -0.15) is 0 Å². The van der Waals surface area contributed by atoms with Gasteiger partial charge in [-0.1, -0.05) is 18.9 Å². The van der Waals surface area contributed by atoms with Crippen molar-refractivity contribution < 1.29 is 9.47 Å². The van der Waals surface area contributed by atoms with Gasteiger partial charge in [0.05, 0.1) is 14.2 Å². The Morgan fingerprint density at radius 2 is 2.11 bits per heavy atom. The van der Waals surface area contributed by atoms with Crippen LogP contribution in [0.4, 0.5) is 0 Å². The number of rotatable bonds is 8. The van der Waals surface area contributed by atoms with Crippen LogP contribution in [0.1, 0.15) is 30.9 Å². The molecule has 1 aliphatic carbocycles. The van der Waals surface area contributed by atoms with Crippen LogP contribution in [0.3, 0.4) is 0 Å². The summed E-state index contributed by atoms with van der Waals surface area (Å²) in [4.78, 5) is 0. The monoisotopic (exact) mass is 264 g/mol. The number of nitrogens with two attached hydrogens (primary N) is 1. The Balaban J connectivity index is 2.02. The Kier molecular flexibility index (Phi) is 5.05. The van der Waals surface area contributed by atoms with Crippen LogP contribution >= 0.6 is 0 Å². The van der Waals surface area contributed by atoms with E-state index in [2.05, 4.69) is 5.32 Å². The summed E-state index contributed by atoms with van der Waals surface area (Å²) in [5.41, 5.74) is 6.98. The van der Waals surface area contributed by atoms with Crippen LogP contribution in [-0.2, 0) is 0 Å². The van der Waals surface area contributed by atoms with Crippen molar-refractivity contribution in [2.24, 2.45) is 11.7 Å². The first-order valence-corrected chi connectivity index (χ1v) is 6.93. The summed E-state index contributed by atoms with van der Waals surface area (Å²) in [6.45, 7) is 1.58. The lowest BCUT2D eigenvalue weighted by Crippen LogP contribution is -2.29. The smallest absolute Gasteiger partial charge is 0.127 e. The maximum atomic E-state index is 5.88. The Morgan fingerprint density at radius 1 is 1.32 bits per heavy atom. The van der Waals surface area contributed by atoms with Crippen molar-refractivity contribution in [1.82, 2.24) is 5.32 Å². The fourth-order valence-corrected chi connectivity index (χ4v) is 2.29. The van der Waals surface area contributed by atoms with Crippen LogP contribution in [0.2, 0.25) is 0 Å². The van der Waals surface area contributed by atoms with Gasteiger partial charge in [0.1, 0.15) is 11.5 Å². The second-order valence-corrected chi connectivity index (χ2v) is 5.08. The molecule has 0 radical (unpaired) electrons. The fourth-order valence-electron chi connectivity index (χ4n) is 2.29.